The van der Waals surface area contributed by atoms with Crippen molar-refractivity contribution in [3.05, 3.63) is 51.9 Å². The van der Waals surface area contributed by atoms with Gasteiger partial charge < -0.3 is 13.9 Å². The van der Waals surface area contributed by atoms with Crippen LogP contribution < -0.4 is 4.74 Å². The molecule has 4 nitrogen and oxygen atoms in total. The van der Waals surface area contributed by atoms with Gasteiger partial charge in [0, 0.05) is 4.47 Å². The number of carbonyl (C=O) groups excluding carboxylic acids is 1. The number of hydrogen-bond donors (Lipinski definition) is 0. The molecule has 0 N–H and O–H groups in total. The second-order valence-corrected chi connectivity index (χ2v) is 5.07. The SMILES string of the molecule is COC(=O)c1ccc(C(C)Oc2cc(Br)cc(F)c2F)o1. The van der Waals surface area contributed by atoms with Crippen LogP contribution in [0.5, 0.6) is 5.75 Å². The summed E-state index contributed by atoms with van der Waals surface area (Å²) < 4.78 is 42.3. The smallest absolute Gasteiger partial charge is 0.373 e. The van der Waals surface area contributed by atoms with E-state index in [1.807, 2.05) is 0 Å². The number of ether oxygens (including phenoxy) is 2. The van der Waals surface area contributed by atoms with Gasteiger partial charge in [0.15, 0.2) is 17.7 Å². The molecule has 1 atom stereocenters. The Morgan fingerprint density at radius 1 is 1.33 bits per heavy atom. The monoisotopic (exact) mass is 360 g/mol. The lowest BCUT2D eigenvalue weighted by atomic mass is 10.3. The number of esters is 1. The fraction of sp³-hybridized carbons (Fsp3) is 0.214. The van der Waals surface area contributed by atoms with Crippen LogP contribution in [0.3, 0.4) is 0 Å². The summed E-state index contributed by atoms with van der Waals surface area (Å²) in [5.41, 5.74) is 0. The summed E-state index contributed by atoms with van der Waals surface area (Å²) in [6.07, 6.45) is -0.716. The van der Waals surface area contributed by atoms with E-state index < -0.39 is 23.7 Å². The van der Waals surface area contributed by atoms with Crippen LogP contribution in [0.2, 0.25) is 0 Å². The highest BCUT2D eigenvalue weighted by Crippen LogP contribution is 2.30. The Labute approximate surface area is 127 Å². The minimum atomic E-state index is -1.09. The molecule has 0 aliphatic rings. The van der Waals surface area contributed by atoms with Crippen LogP contribution in [0.15, 0.2) is 33.2 Å². The molecule has 0 radical (unpaired) electrons. The zero-order chi connectivity index (χ0) is 15.6. The Balaban J connectivity index is 2.20. The summed E-state index contributed by atoms with van der Waals surface area (Å²) in [6, 6.07) is 5.22. The number of carbonyl (C=O) groups is 1. The maximum Gasteiger partial charge on any atom is 0.373 e. The molecule has 112 valence electrons. The minimum absolute atomic E-state index is 0.00356. The first-order chi connectivity index (χ1) is 9.92. The standard InChI is InChI=1S/C14H11BrF2O4/c1-7(10-3-4-11(21-10)14(18)19-2)20-12-6-8(15)5-9(16)13(12)17/h3-7H,1-2H3. The van der Waals surface area contributed by atoms with Crippen LogP contribution >= 0.6 is 15.9 Å². The van der Waals surface area contributed by atoms with Gasteiger partial charge in [0.1, 0.15) is 5.76 Å². The minimum Gasteiger partial charge on any atom is -0.480 e. The van der Waals surface area contributed by atoms with E-state index in [0.717, 1.165) is 6.07 Å². The lowest BCUT2D eigenvalue weighted by Gasteiger charge is -2.13. The predicted molar refractivity (Wildman–Crippen MR) is 73.1 cm³/mol. The maximum absolute atomic E-state index is 13.6. The van der Waals surface area contributed by atoms with Gasteiger partial charge in [0.05, 0.1) is 7.11 Å². The van der Waals surface area contributed by atoms with E-state index in [9.17, 15) is 13.6 Å². The molecule has 1 heterocycles. The van der Waals surface area contributed by atoms with Crippen molar-refractivity contribution < 1.29 is 27.5 Å². The molecule has 0 spiro atoms. The molecule has 1 aromatic carbocycles. The highest BCUT2D eigenvalue weighted by Gasteiger charge is 2.19. The predicted octanol–water partition coefficient (Wildman–Crippen LogP) is 4.25. The normalized spacial score (nSPS) is 12.0. The van der Waals surface area contributed by atoms with E-state index in [1.165, 1.54) is 25.3 Å². The number of hydrogen-bond acceptors (Lipinski definition) is 4. The van der Waals surface area contributed by atoms with Crippen LogP contribution in [0.4, 0.5) is 8.78 Å². The van der Waals surface area contributed by atoms with Crippen LogP contribution in [0, 0.1) is 11.6 Å². The van der Waals surface area contributed by atoms with Gasteiger partial charge in [-0.2, -0.15) is 4.39 Å². The highest BCUT2D eigenvalue weighted by atomic mass is 79.9. The molecule has 0 amide bonds. The van der Waals surface area contributed by atoms with Gasteiger partial charge in [-0.1, -0.05) is 15.9 Å². The van der Waals surface area contributed by atoms with Gasteiger partial charge in [-0.25, -0.2) is 9.18 Å². The zero-order valence-corrected chi connectivity index (χ0v) is 12.7. The van der Waals surface area contributed by atoms with Gasteiger partial charge in [-0.3, -0.25) is 0 Å². The van der Waals surface area contributed by atoms with Gasteiger partial charge in [0.25, 0.3) is 0 Å². The van der Waals surface area contributed by atoms with Crippen molar-refractivity contribution in [1.29, 1.82) is 0 Å². The molecule has 2 rings (SSSR count). The Kier molecular flexibility index (Phi) is 4.62. The fourth-order valence-corrected chi connectivity index (χ4v) is 2.06. The average molecular weight is 361 g/mol. The summed E-state index contributed by atoms with van der Waals surface area (Å²) in [5, 5.41) is 0. The second kappa shape index (κ2) is 6.26. The first-order valence-electron chi connectivity index (χ1n) is 5.91. The van der Waals surface area contributed by atoms with Crippen molar-refractivity contribution in [2.75, 3.05) is 7.11 Å². The van der Waals surface area contributed by atoms with E-state index in [4.69, 9.17) is 9.15 Å². The van der Waals surface area contributed by atoms with Crippen molar-refractivity contribution in [2.24, 2.45) is 0 Å². The van der Waals surface area contributed by atoms with E-state index >= 15 is 0 Å². The summed E-state index contributed by atoms with van der Waals surface area (Å²) in [6.45, 7) is 1.58. The van der Waals surface area contributed by atoms with Crippen LogP contribution in [-0.2, 0) is 4.74 Å². The van der Waals surface area contributed by atoms with Crippen molar-refractivity contribution >= 4 is 21.9 Å². The third kappa shape index (κ3) is 3.41. The van der Waals surface area contributed by atoms with Crippen LogP contribution in [0.25, 0.3) is 0 Å². The molecule has 0 aliphatic carbocycles. The zero-order valence-electron chi connectivity index (χ0n) is 11.2. The quantitative estimate of drug-likeness (QED) is 0.604. The summed E-state index contributed by atoms with van der Waals surface area (Å²) in [5.74, 6) is -2.72. The van der Waals surface area contributed by atoms with Gasteiger partial charge in [0.2, 0.25) is 11.6 Å². The summed E-state index contributed by atoms with van der Waals surface area (Å²) in [4.78, 5) is 11.3. The number of furan rings is 1. The van der Waals surface area contributed by atoms with Gasteiger partial charge in [-0.15, -0.1) is 0 Å². The molecular formula is C14H11BrF2O4. The van der Waals surface area contributed by atoms with E-state index in [0.29, 0.717) is 4.47 Å². The molecule has 0 fully saturated rings. The van der Waals surface area contributed by atoms with Crippen LogP contribution in [-0.4, -0.2) is 13.1 Å². The topological polar surface area (TPSA) is 48.7 Å². The summed E-state index contributed by atoms with van der Waals surface area (Å²) in [7, 11) is 1.23. The maximum atomic E-state index is 13.6. The first-order valence-corrected chi connectivity index (χ1v) is 6.71. The molecular weight excluding hydrogens is 350 g/mol. The molecule has 21 heavy (non-hydrogen) atoms. The van der Waals surface area contributed by atoms with E-state index in [-0.39, 0.29) is 17.3 Å². The summed E-state index contributed by atoms with van der Waals surface area (Å²) >= 11 is 3.05. The molecule has 7 heteroatoms. The number of rotatable bonds is 4. The fourth-order valence-electron chi connectivity index (χ4n) is 1.65. The Morgan fingerprint density at radius 2 is 2.05 bits per heavy atom. The molecule has 2 aromatic rings. The number of halogens is 3. The molecule has 0 saturated carbocycles. The molecule has 0 saturated heterocycles. The van der Waals surface area contributed by atoms with E-state index in [1.54, 1.807) is 6.92 Å². The Morgan fingerprint density at radius 3 is 2.71 bits per heavy atom. The second-order valence-electron chi connectivity index (χ2n) is 4.15. The lowest BCUT2D eigenvalue weighted by molar-refractivity contribution is 0.0558. The number of benzene rings is 1. The largest absolute Gasteiger partial charge is 0.480 e. The molecule has 0 aliphatic heterocycles. The Bertz CT molecular complexity index is 669. The molecule has 1 aromatic heterocycles. The van der Waals surface area contributed by atoms with Crippen molar-refractivity contribution in [3.63, 3.8) is 0 Å². The van der Waals surface area contributed by atoms with Gasteiger partial charge in [-0.05, 0) is 31.2 Å². The Hall–Kier alpha value is -1.89. The number of methoxy groups -OCH3 is 1. The first kappa shape index (κ1) is 15.5. The average Bonchev–Trinajstić information content (AvgIpc) is 2.93. The van der Waals surface area contributed by atoms with E-state index in [2.05, 4.69) is 20.7 Å². The van der Waals surface area contributed by atoms with Crippen LogP contribution in [0.1, 0.15) is 29.3 Å². The third-order valence-electron chi connectivity index (χ3n) is 2.68. The highest BCUT2D eigenvalue weighted by molar-refractivity contribution is 9.10. The van der Waals surface area contributed by atoms with Crippen molar-refractivity contribution in [2.45, 2.75) is 13.0 Å². The molecule has 1 unspecified atom stereocenters. The third-order valence-corrected chi connectivity index (χ3v) is 3.14. The molecule has 0 bridgehead atoms. The van der Waals surface area contributed by atoms with Crippen molar-refractivity contribution in [3.8, 4) is 5.75 Å². The van der Waals surface area contributed by atoms with Crippen molar-refractivity contribution in [1.82, 2.24) is 0 Å². The lowest BCUT2D eigenvalue weighted by Crippen LogP contribution is -2.05. The van der Waals surface area contributed by atoms with Gasteiger partial charge >= 0.3 is 5.97 Å².